The van der Waals surface area contributed by atoms with E-state index in [2.05, 4.69) is 157 Å². The molecular weight excluding hydrogens is 599 g/mol. The zero-order chi connectivity index (χ0) is 32.3. The molecule has 3 heteroatoms. The number of anilines is 3. The zero-order valence-electron chi connectivity index (χ0n) is 26.5. The molecule has 2 heterocycles. The van der Waals surface area contributed by atoms with Crippen LogP contribution < -0.4 is 4.90 Å². The summed E-state index contributed by atoms with van der Waals surface area (Å²) in [6.45, 7) is 0. The number of nitrogens with zero attached hydrogens (tertiary/aromatic N) is 1. The van der Waals surface area contributed by atoms with Crippen molar-refractivity contribution >= 4 is 71.7 Å². The monoisotopic (exact) mass is 627 g/mol. The molecule has 0 aliphatic rings. The Hall–Kier alpha value is -6.58. The highest BCUT2D eigenvalue weighted by Gasteiger charge is 2.23. The number of hydrogen-bond donors (Lipinski definition) is 0. The summed E-state index contributed by atoms with van der Waals surface area (Å²) in [5.74, 6) is 0. The Balaban J connectivity index is 1.19. The molecule has 0 aliphatic carbocycles. The summed E-state index contributed by atoms with van der Waals surface area (Å²) in [7, 11) is 0. The fourth-order valence-corrected chi connectivity index (χ4v) is 7.45. The minimum atomic E-state index is 0.836. The Morgan fingerprint density at radius 1 is 0.347 bits per heavy atom. The number of fused-ring (bicyclic) bond motifs is 7. The molecule has 2 aromatic heterocycles. The van der Waals surface area contributed by atoms with Gasteiger partial charge in [-0.1, -0.05) is 140 Å². The fraction of sp³-hybridized carbons (Fsp3) is 0. The van der Waals surface area contributed by atoms with Gasteiger partial charge < -0.3 is 13.7 Å². The maximum absolute atomic E-state index is 6.60. The van der Waals surface area contributed by atoms with Crippen LogP contribution in [-0.2, 0) is 0 Å². The maximum Gasteiger partial charge on any atom is 0.159 e. The lowest BCUT2D eigenvalue weighted by molar-refractivity contribution is 0.666. The topological polar surface area (TPSA) is 29.5 Å². The smallest absolute Gasteiger partial charge is 0.159 e. The van der Waals surface area contributed by atoms with E-state index in [4.69, 9.17) is 8.83 Å². The zero-order valence-corrected chi connectivity index (χ0v) is 26.5. The van der Waals surface area contributed by atoms with Crippen molar-refractivity contribution in [1.82, 2.24) is 0 Å². The van der Waals surface area contributed by atoms with E-state index in [9.17, 15) is 0 Å². The SMILES string of the molecule is c1ccc(-c2cccc3cccc(-c4ccc(N(c5cccc6c5oc5ccccc56)c5cccc6c5oc5ccccc56)cc4)c23)cc1. The Kier molecular flexibility index (Phi) is 6.18. The number of hydrogen-bond acceptors (Lipinski definition) is 3. The van der Waals surface area contributed by atoms with Gasteiger partial charge in [-0.2, -0.15) is 0 Å². The van der Waals surface area contributed by atoms with Crippen molar-refractivity contribution in [2.24, 2.45) is 0 Å². The summed E-state index contributed by atoms with van der Waals surface area (Å²) in [6, 6.07) is 61.9. The first kappa shape index (κ1) is 27.5. The van der Waals surface area contributed by atoms with Crippen LogP contribution in [0.2, 0.25) is 0 Å². The molecule has 0 fully saturated rings. The molecule has 0 radical (unpaired) electrons. The molecule has 0 unspecified atom stereocenters. The van der Waals surface area contributed by atoms with E-state index >= 15 is 0 Å². The van der Waals surface area contributed by atoms with Crippen LogP contribution in [-0.4, -0.2) is 0 Å². The summed E-state index contributed by atoms with van der Waals surface area (Å²) in [5, 5.41) is 6.83. The molecule has 0 saturated heterocycles. The maximum atomic E-state index is 6.60. The molecule has 0 amide bonds. The van der Waals surface area contributed by atoms with Crippen LogP contribution >= 0.6 is 0 Å². The Morgan fingerprint density at radius 2 is 0.816 bits per heavy atom. The molecular formula is C46H29NO2. The van der Waals surface area contributed by atoms with Crippen LogP contribution in [0.1, 0.15) is 0 Å². The van der Waals surface area contributed by atoms with Crippen molar-refractivity contribution in [1.29, 1.82) is 0 Å². The van der Waals surface area contributed by atoms with E-state index in [-0.39, 0.29) is 0 Å². The predicted octanol–water partition coefficient (Wildman–Crippen LogP) is 13.4. The van der Waals surface area contributed by atoms with Crippen LogP contribution in [0.25, 0.3) is 76.9 Å². The highest BCUT2D eigenvalue weighted by atomic mass is 16.3. The van der Waals surface area contributed by atoms with Crippen LogP contribution in [0.5, 0.6) is 0 Å². The van der Waals surface area contributed by atoms with Gasteiger partial charge in [0.05, 0.1) is 11.4 Å². The molecule has 0 atom stereocenters. The fourth-order valence-electron chi connectivity index (χ4n) is 7.45. The lowest BCUT2D eigenvalue weighted by Gasteiger charge is -2.26. The largest absolute Gasteiger partial charge is 0.454 e. The van der Waals surface area contributed by atoms with Gasteiger partial charge in [-0.25, -0.2) is 0 Å². The first-order chi connectivity index (χ1) is 24.3. The van der Waals surface area contributed by atoms with Crippen molar-refractivity contribution in [2.75, 3.05) is 4.90 Å². The molecule has 230 valence electrons. The summed E-state index contributed by atoms with van der Waals surface area (Å²) >= 11 is 0. The molecule has 0 aliphatic heterocycles. The van der Waals surface area contributed by atoms with Gasteiger partial charge >= 0.3 is 0 Å². The molecule has 0 saturated carbocycles. The predicted molar refractivity (Wildman–Crippen MR) is 204 cm³/mol. The number of benzene rings is 8. The summed E-state index contributed by atoms with van der Waals surface area (Å²) in [4.78, 5) is 2.28. The molecule has 49 heavy (non-hydrogen) atoms. The van der Waals surface area contributed by atoms with Crippen LogP contribution in [0.4, 0.5) is 17.1 Å². The summed E-state index contributed by atoms with van der Waals surface area (Å²) in [5.41, 5.74) is 11.1. The van der Waals surface area contributed by atoms with E-state index in [1.165, 1.54) is 27.5 Å². The molecule has 0 bridgehead atoms. The Morgan fingerprint density at radius 3 is 1.39 bits per heavy atom. The highest BCUT2D eigenvalue weighted by molar-refractivity contribution is 6.14. The van der Waals surface area contributed by atoms with Crippen molar-refractivity contribution < 1.29 is 8.83 Å². The van der Waals surface area contributed by atoms with Gasteiger partial charge in [0.15, 0.2) is 11.2 Å². The molecule has 0 spiro atoms. The molecule has 10 rings (SSSR count). The Bertz CT molecular complexity index is 2710. The third-order valence-corrected chi connectivity index (χ3v) is 9.67. The lowest BCUT2D eigenvalue weighted by Crippen LogP contribution is -2.10. The first-order valence-electron chi connectivity index (χ1n) is 16.6. The van der Waals surface area contributed by atoms with Crippen LogP contribution in [0.15, 0.2) is 185 Å². The Labute approximate surface area is 282 Å². The second-order valence-corrected chi connectivity index (χ2v) is 12.5. The standard InChI is InChI=1S/C46H29NO2/c1-2-12-30(13-3-1)34-18-8-14-32-15-9-19-35(44(32)34)31-26-28-33(29-27-31)47(40-22-10-20-38-36-16-4-6-24-42(36)48-45(38)40)41-23-11-21-39-37-17-5-7-25-43(37)49-46(39)41/h1-29H. The van der Waals surface area contributed by atoms with E-state index in [0.717, 1.165) is 66.5 Å². The first-order valence-corrected chi connectivity index (χ1v) is 16.6. The quantitative estimate of drug-likeness (QED) is 0.190. The summed E-state index contributed by atoms with van der Waals surface area (Å²) in [6.07, 6.45) is 0. The van der Waals surface area contributed by atoms with Crippen molar-refractivity contribution in [3.05, 3.63) is 176 Å². The molecule has 8 aromatic carbocycles. The highest BCUT2D eigenvalue weighted by Crippen LogP contribution is 2.46. The van der Waals surface area contributed by atoms with Gasteiger partial charge in [0, 0.05) is 27.2 Å². The van der Waals surface area contributed by atoms with Crippen LogP contribution in [0, 0.1) is 0 Å². The molecule has 3 nitrogen and oxygen atoms in total. The van der Waals surface area contributed by atoms with E-state index < -0.39 is 0 Å². The number of para-hydroxylation sites is 4. The summed E-state index contributed by atoms with van der Waals surface area (Å²) < 4.78 is 13.2. The van der Waals surface area contributed by atoms with E-state index in [1.807, 2.05) is 24.3 Å². The third kappa shape index (κ3) is 4.37. The van der Waals surface area contributed by atoms with Crippen molar-refractivity contribution in [2.45, 2.75) is 0 Å². The van der Waals surface area contributed by atoms with E-state index in [0.29, 0.717) is 0 Å². The normalized spacial score (nSPS) is 11.7. The number of rotatable bonds is 5. The van der Waals surface area contributed by atoms with Crippen molar-refractivity contribution in [3.63, 3.8) is 0 Å². The van der Waals surface area contributed by atoms with Gasteiger partial charge in [0.1, 0.15) is 11.2 Å². The minimum absolute atomic E-state index is 0.836. The van der Waals surface area contributed by atoms with Gasteiger partial charge in [-0.05, 0) is 69.4 Å². The van der Waals surface area contributed by atoms with Gasteiger partial charge in [-0.15, -0.1) is 0 Å². The second kappa shape index (κ2) is 11.0. The minimum Gasteiger partial charge on any atom is -0.454 e. The van der Waals surface area contributed by atoms with Crippen molar-refractivity contribution in [3.8, 4) is 22.3 Å². The average molecular weight is 628 g/mol. The van der Waals surface area contributed by atoms with Gasteiger partial charge in [0.2, 0.25) is 0 Å². The average Bonchev–Trinajstić information content (AvgIpc) is 3.75. The van der Waals surface area contributed by atoms with E-state index in [1.54, 1.807) is 0 Å². The molecule has 10 aromatic rings. The molecule has 0 N–H and O–H groups in total. The second-order valence-electron chi connectivity index (χ2n) is 12.5. The van der Waals surface area contributed by atoms with Gasteiger partial charge in [-0.3, -0.25) is 0 Å². The van der Waals surface area contributed by atoms with Crippen LogP contribution in [0.3, 0.4) is 0 Å². The number of furan rings is 2. The lowest BCUT2D eigenvalue weighted by atomic mass is 9.91. The third-order valence-electron chi connectivity index (χ3n) is 9.67. The van der Waals surface area contributed by atoms with Gasteiger partial charge in [0.25, 0.3) is 0 Å².